The fourth-order valence-corrected chi connectivity index (χ4v) is 1.87. The number of rotatable bonds is 4. The smallest absolute Gasteiger partial charge is 0.320 e. The highest BCUT2D eigenvalue weighted by Gasteiger charge is 2.39. The van der Waals surface area contributed by atoms with Gasteiger partial charge in [-0.2, -0.15) is 0 Å². The molecular weight excluding hydrogens is 242 g/mol. The number of carboxylic acids is 1. The SMILES string of the molecule is CN(CC(N)=O)C(=O)N(C)C1COCC1C(=O)O. The number of ether oxygens (including phenoxy) is 1. The topological polar surface area (TPSA) is 113 Å². The minimum atomic E-state index is -1.00. The number of aliphatic carboxylic acids is 1. The normalized spacial score (nSPS) is 22.6. The van der Waals surface area contributed by atoms with Crippen LogP contribution >= 0.6 is 0 Å². The molecule has 1 fully saturated rings. The van der Waals surface area contributed by atoms with Gasteiger partial charge >= 0.3 is 12.0 Å². The molecule has 0 saturated carbocycles. The highest BCUT2D eigenvalue weighted by Crippen LogP contribution is 2.19. The van der Waals surface area contributed by atoms with E-state index in [1.54, 1.807) is 0 Å². The van der Waals surface area contributed by atoms with Gasteiger partial charge in [0.1, 0.15) is 12.5 Å². The predicted octanol–water partition coefficient (Wildman–Crippen LogP) is -1.45. The zero-order chi connectivity index (χ0) is 13.9. The Bertz CT molecular complexity index is 359. The third kappa shape index (κ3) is 3.10. The zero-order valence-electron chi connectivity index (χ0n) is 10.3. The molecule has 0 spiro atoms. The molecule has 3 N–H and O–H groups in total. The number of hydrogen-bond donors (Lipinski definition) is 2. The van der Waals surface area contributed by atoms with Crippen molar-refractivity contribution in [3.8, 4) is 0 Å². The summed E-state index contributed by atoms with van der Waals surface area (Å²) in [6.45, 7) is 0.0370. The summed E-state index contributed by atoms with van der Waals surface area (Å²) in [5.41, 5.74) is 4.99. The average Bonchev–Trinajstić information content (AvgIpc) is 2.74. The summed E-state index contributed by atoms with van der Waals surface area (Å²) in [6, 6.07) is -0.999. The van der Waals surface area contributed by atoms with Gasteiger partial charge in [-0.25, -0.2) is 4.79 Å². The number of likely N-dealkylation sites (N-methyl/N-ethyl adjacent to an activating group) is 2. The molecular formula is C10H17N3O5. The molecule has 2 unspecified atom stereocenters. The number of hydrogen-bond acceptors (Lipinski definition) is 4. The van der Waals surface area contributed by atoms with Gasteiger partial charge in [-0.3, -0.25) is 9.59 Å². The first-order valence-corrected chi connectivity index (χ1v) is 5.41. The first-order valence-electron chi connectivity index (χ1n) is 5.41. The molecule has 0 radical (unpaired) electrons. The van der Waals surface area contributed by atoms with E-state index in [1.165, 1.54) is 19.0 Å². The number of carbonyl (C=O) groups excluding carboxylic acids is 2. The number of carbonyl (C=O) groups is 3. The van der Waals surface area contributed by atoms with E-state index in [-0.39, 0.29) is 19.8 Å². The van der Waals surface area contributed by atoms with Gasteiger partial charge in [0.05, 0.1) is 19.3 Å². The second kappa shape index (κ2) is 5.67. The third-order valence-electron chi connectivity index (χ3n) is 2.89. The van der Waals surface area contributed by atoms with Crippen molar-refractivity contribution < 1.29 is 24.2 Å². The second-order valence-corrected chi connectivity index (χ2v) is 4.27. The Balaban J connectivity index is 2.68. The van der Waals surface area contributed by atoms with Crippen molar-refractivity contribution >= 4 is 17.9 Å². The van der Waals surface area contributed by atoms with E-state index in [0.29, 0.717) is 0 Å². The van der Waals surface area contributed by atoms with Crippen molar-refractivity contribution in [1.29, 1.82) is 0 Å². The number of nitrogens with two attached hydrogens (primary N) is 1. The van der Waals surface area contributed by atoms with Crippen molar-refractivity contribution in [3.63, 3.8) is 0 Å². The zero-order valence-corrected chi connectivity index (χ0v) is 10.3. The maximum Gasteiger partial charge on any atom is 0.320 e. The number of carboxylic acid groups (broad SMARTS) is 1. The molecule has 3 amide bonds. The van der Waals surface area contributed by atoms with Crippen LogP contribution in [0.2, 0.25) is 0 Å². The number of urea groups is 1. The van der Waals surface area contributed by atoms with E-state index in [4.69, 9.17) is 15.6 Å². The minimum absolute atomic E-state index is 0.0805. The highest BCUT2D eigenvalue weighted by atomic mass is 16.5. The molecule has 1 rings (SSSR count). The average molecular weight is 259 g/mol. The Labute approximate surface area is 104 Å². The standard InChI is InChI=1S/C10H17N3O5/c1-12(3-8(11)14)10(17)13(2)7-5-18-4-6(7)9(15)16/h6-7H,3-5H2,1-2H3,(H2,11,14)(H,15,16). The molecule has 0 aromatic heterocycles. The third-order valence-corrected chi connectivity index (χ3v) is 2.89. The maximum atomic E-state index is 11.9. The Morgan fingerprint density at radius 3 is 2.44 bits per heavy atom. The second-order valence-electron chi connectivity index (χ2n) is 4.27. The molecule has 1 aliphatic rings. The van der Waals surface area contributed by atoms with E-state index < -0.39 is 29.9 Å². The minimum Gasteiger partial charge on any atom is -0.481 e. The Morgan fingerprint density at radius 2 is 1.94 bits per heavy atom. The lowest BCUT2D eigenvalue weighted by atomic mass is 10.0. The quantitative estimate of drug-likeness (QED) is 0.641. The summed E-state index contributed by atoms with van der Waals surface area (Å²) in [4.78, 5) is 36.0. The molecule has 2 atom stereocenters. The van der Waals surface area contributed by atoms with Gasteiger partial charge in [-0.1, -0.05) is 0 Å². The van der Waals surface area contributed by atoms with E-state index in [2.05, 4.69) is 0 Å². The molecule has 0 aliphatic carbocycles. The van der Waals surface area contributed by atoms with Gasteiger partial charge in [0.25, 0.3) is 0 Å². The van der Waals surface area contributed by atoms with Gasteiger partial charge in [0.15, 0.2) is 0 Å². The highest BCUT2D eigenvalue weighted by molar-refractivity contribution is 5.83. The molecule has 1 aliphatic heterocycles. The van der Waals surface area contributed by atoms with E-state index in [9.17, 15) is 14.4 Å². The summed E-state index contributed by atoms with van der Waals surface area (Å²) in [5, 5.41) is 8.99. The number of nitrogens with zero attached hydrogens (tertiary/aromatic N) is 2. The van der Waals surface area contributed by atoms with Crippen LogP contribution in [0.1, 0.15) is 0 Å². The van der Waals surface area contributed by atoms with Crippen LogP contribution < -0.4 is 5.73 Å². The fourth-order valence-electron chi connectivity index (χ4n) is 1.87. The molecule has 0 bridgehead atoms. The Kier molecular flexibility index (Phi) is 4.49. The van der Waals surface area contributed by atoms with Crippen LogP contribution in [-0.4, -0.2) is 72.7 Å². The van der Waals surface area contributed by atoms with Crippen LogP contribution in [0.5, 0.6) is 0 Å². The van der Waals surface area contributed by atoms with Crippen molar-refractivity contribution in [2.24, 2.45) is 11.7 Å². The van der Waals surface area contributed by atoms with Gasteiger partial charge in [0, 0.05) is 14.1 Å². The number of primary amides is 1. The van der Waals surface area contributed by atoms with Crippen LogP contribution in [0, 0.1) is 5.92 Å². The molecule has 102 valence electrons. The van der Waals surface area contributed by atoms with Crippen molar-refractivity contribution in [1.82, 2.24) is 9.80 Å². The lowest BCUT2D eigenvalue weighted by molar-refractivity contribution is -0.142. The van der Waals surface area contributed by atoms with E-state index in [0.717, 1.165) is 4.90 Å². The van der Waals surface area contributed by atoms with Gasteiger partial charge in [0.2, 0.25) is 5.91 Å². The number of amides is 3. The molecule has 8 heteroatoms. The predicted molar refractivity (Wildman–Crippen MR) is 60.7 cm³/mol. The molecule has 0 aromatic rings. The van der Waals surface area contributed by atoms with Gasteiger partial charge in [-0.15, -0.1) is 0 Å². The summed E-state index contributed by atoms with van der Waals surface area (Å²) < 4.78 is 5.08. The molecule has 8 nitrogen and oxygen atoms in total. The summed E-state index contributed by atoms with van der Waals surface area (Å²) >= 11 is 0. The van der Waals surface area contributed by atoms with Crippen molar-refractivity contribution in [2.75, 3.05) is 33.9 Å². The van der Waals surface area contributed by atoms with Crippen molar-refractivity contribution in [2.45, 2.75) is 6.04 Å². The van der Waals surface area contributed by atoms with Crippen LogP contribution in [0.4, 0.5) is 4.79 Å². The first kappa shape index (κ1) is 14.2. The van der Waals surface area contributed by atoms with E-state index >= 15 is 0 Å². The fraction of sp³-hybridized carbons (Fsp3) is 0.700. The Morgan fingerprint density at radius 1 is 1.33 bits per heavy atom. The van der Waals surface area contributed by atoms with Crippen LogP contribution in [0.25, 0.3) is 0 Å². The van der Waals surface area contributed by atoms with Crippen LogP contribution in [0.15, 0.2) is 0 Å². The van der Waals surface area contributed by atoms with Crippen LogP contribution in [0.3, 0.4) is 0 Å². The molecule has 0 aromatic carbocycles. The summed E-state index contributed by atoms with van der Waals surface area (Å²) in [5.74, 6) is -2.38. The van der Waals surface area contributed by atoms with E-state index in [1.807, 2.05) is 0 Å². The van der Waals surface area contributed by atoms with Gasteiger partial charge < -0.3 is 25.4 Å². The maximum absolute atomic E-state index is 11.9. The lowest BCUT2D eigenvalue weighted by Crippen LogP contribution is -2.50. The molecule has 18 heavy (non-hydrogen) atoms. The largest absolute Gasteiger partial charge is 0.481 e. The van der Waals surface area contributed by atoms with Crippen LogP contribution in [-0.2, 0) is 14.3 Å². The first-order chi connectivity index (χ1) is 8.34. The lowest BCUT2D eigenvalue weighted by Gasteiger charge is -2.30. The Hall–Kier alpha value is -1.83. The van der Waals surface area contributed by atoms with Crippen molar-refractivity contribution in [3.05, 3.63) is 0 Å². The monoisotopic (exact) mass is 259 g/mol. The summed E-state index contributed by atoms with van der Waals surface area (Å²) in [7, 11) is 2.91. The molecule has 1 saturated heterocycles. The summed E-state index contributed by atoms with van der Waals surface area (Å²) in [6.07, 6.45) is 0. The van der Waals surface area contributed by atoms with Gasteiger partial charge in [-0.05, 0) is 0 Å². The molecule has 1 heterocycles.